The molecule has 1 aromatic heterocycles. The lowest BCUT2D eigenvalue weighted by Gasteiger charge is -2.24. The second-order valence-corrected chi connectivity index (χ2v) is 6.38. The Balaban J connectivity index is 1.96. The molecule has 0 saturated carbocycles. The van der Waals surface area contributed by atoms with Gasteiger partial charge in [0, 0.05) is 43.8 Å². The molecule has 0 atom stereocenters. The lowest BCUT2D eigenvalue weighted by atomic mass is 9.88. The Morgan fingerprint density at radius 1 is 1.25 bits per heavy atom. The number of benzene rings is 1. The number of nitrogens with zero attached hydrogens (tertiary/aromatic N) is 1. The van der Waals surface area contributed by atoms with Crippen molar-refractivity contribution in [1.82, 2.24) is 9.88 Å². The van der Waals surface area contributed by atoms with Crippen LogP contribution in [0, 0.1) is 5.41 Å². The molecule has 0 aliphatic carbocycles. The van der Waals surface area contributed by atoms with Crippen molar-refractivity contribution < 1.29 is 5.11 Å². The second-order valence-electron chi connectivity index (χ2n) is 6.38. The number of aliphatic hydroxyl groups is 1. The molecule has 0 unspecified atom stereocenters. The van der Waals surface area contributed by atoms with Crippen LogP contribution >= 0.6 is 0 Å². The summed E-state index contributed by atoms with van der Waals surface area (Å²) in [6.07, 6.45) is 4.13. The maximum atomic E-state index is 8.93. The Kier molecular flexibility index (Phi) is 4.84. The molecule has 0 aliphatic heterocycles. The summed E-state index contributed by atoms with van der Waals surface area (Å²) in [5, 5.41) is 13.8. The Labute approximate surface area is 121 Å². The minimum Gasteiger partial charge on any atom is -0.396 e. The van der Waals surface area contributed by atoms with Crippen LogP contribution in [0.5, 0.6) is 0 Å². The number of fused-ring (bicyclic) bond motifs is 1. The minimum absolute atomic E-state index is 0.229. The Morgan fingerprint density at radius 3 is 2.75 bits per heavy atom. The van der Waals surface area contributed by atoms with Crippen molar-refractivity contribution >= 4 is 10.9 Å². The largest absolute Gasteiger partial charge is 0.396 e. The van der Waals surface area contributed by atoms with Gasteiger partial charge in [0.1, 0.15) is 0 Å². The highest BCUT2D eigenvalue weighted by Gasteiger charge is 2.17. The number of hydrogen-bond acceptors (Lipinski definition) is 2. The van der Waals surface area contributed by atoms with Crippen molar-refractivity contribution in [2.75, 3.05) is 13.2 Å². The predicted octanol–water partition coefficient (Wildman–Crippen LogP) is 3.07. The first-order valence-electron chi connectivity index (χ1n) is 7.38. The summed E-state index contributed by atoms with van der Waals surface area (Å²) in [5.41, 5.74) is 2.86. The van der Waals surface area contributed by atoms with E-state index in [0.717, 1.165) is 25.9 Å². The smallest absolute Gasteiger partial charge is 0.0481 e. The third-order valence-corrected chi connectivity index (χ3v) is 3.91. The molecule has 0 bridgehead atoms. The van der Waals surface area contributed by atoms with Crippen molar-refractivity contribution in [3.05, 3.63) is 36.0 Å². The maximum Gasteiger partial charge on any atom is 0.0481 e. The topological polar surface area (TPSA) is 37.2 Å². The summed E-state index contributed by atoms with van der Waals surface area (Å²) in [7, 11) is 2.09. The van der Waals surface area contributed by atoms with Crippen molar-refractivity contribution in [1.29, 1.82) is 0 Å². The Morgan fingerprint density at radius 2 is 2.00 bits per heavy atom. The molecule has 0 fully saturated rings. The normalized spacial score (nSPS) is 12.2. The zero-order valence-corrected chi connectivity index (χ0v) is 12.8. The summed E-state index contributed by atoms with van der Waals surface area (Å²) in [6.45, 7) is 6.64. The van der Waals surface area contributed by atoms with Gasteiger partial charge >= 0.3 is 0 Å². The molecule has 110 valence electrons. The van der Waals surface area contributed by atoms with Crippen LogP contribution in [0.2, 0.25) is 0 Å². The molecule has 0 amide bonds. The summed E-state index contributed by atoms with van der Waals surface area (Å²) < 4.78 is 2.18. The summed E-state index contributed by atoms with van der Waals surface area (Å²) >= 11 is 0. The molecule has 0 saturated heterocycles. The number of aromatic nitrogens is 1. The van der Waals surface area contributed by atoms with Crippen LogP contribution < -0.4 is 5.32 Å². The molecule has 0 aliphatic rings. The molecule has 20 heavy (non-hydrogen) atoms. The van der Waals surface area contributed by atoms with Crippen LogP contribution in [-0.2, 0) is 13.6 Å². The number of aryl methyl sites for hydroxylation is 1. The van der Waals surface area contributed by atoms with E-state index < -0.39 is 0 Å². The molecular weight excluding hydrogens is 248 g/mol. The fourth-order valence-corrected chi connectivity index (χ4v) is 2.75. The van der Waals surface area contributed by atoms with Crippen molar-refractivity contribution in [3.63, 3.8) is 0 Å². The molecule has 2 N–H and O–H groups in total. The Bertz CT molecular complexity index is 557. The van der Waals surface area contributed by atoms with Gasteiger partial charge in [0.2, 0.25) is 0 Å². The predicted molar refractivity (Wildman–Crippen MR) is 84.7 cm³/mol. The van der Waals surface area contributed by atoms with Crippen molar-refractivity contribution in [2.24, 2.45) is 12.5 Å². The first-order valence-corrected chi connectivity index (χ1v) is 7.38. The maximum absolute atomic E-state index is 8.93. The SMILES string of the molecule is Cn1cc(CNCC(C)(C)CCCO)c2ccccc21. The number of nitrogens with one attached hydrogen (secondary N) is 1. The van der Waals surface area contributed by atoms with Gasteiger partial charge in [-0.2, -0.15) is 0 Å². The fraction of sp³-hybridized carbons (Fsp3) is 0.529. The van der Waals surface area contributed by atoms with E-state index in [1.165, 1.54) is 16.5 Å². The van der Waals surface area contributed by atoms with E-state index in [1.54, 1.807) is 0 Å². The summed E-state index contributed by atoms with van der Waals surface area (Å²) in [4.78, 5) is 0. The zero-order chi connectivity index (χ0) is 14.6. The van der Waals surface area contributed by atoms with Gasteiger partial charge in [-0.3, -0.25) is 0 Å². The summed E-state index contributed by atoms with van der Waals surface area (Å²) in [5.74, 6) is 0. The molecule has 3 nitrogen and oxygen atoms in total. The van der Waals surface area contributed by atoms with Gasteiger partial charge in [0.05, 0.1) is 0 Å². The van der Waals surface area contributed by atoms with E-state index in [9.17, 15) is 0 Å². The van der Waals surface area contributed by atoms with Crippen LogP contribution in [0.4, 0.5) is 0 Å². The van der Waals surface area contributed by atoms with E-state index in [-0.39, 0.29) is 12.0 Å². The monoisotopic (exact) mass is 274 g/mol. The second kappa shape index (κ2) is 6.42. The first kappa shape index (κ1) is 15.1. The lowest BCUT2D eigenvalue weighted by Crippen LogP contribution is -2.29. The molecule has 2 aromatic rings. The first-order chi connectivity index (χ1) is 9.53. The molecule has 0 radical (unpaired) electrons. The zero-order valence-electron chi connectivity index (χ0n) is 12.8. The van der Waals surface area contributed by atoms with E-state index in [4.69, 9.17) is 5.11 Å². The van der Waals surface area contributed by atoms with Crippen molar-refractivity contribution in [2.45, 2.75) is 33.2 Å². The van der Waals surface area contributed by atoms with Gasteiger partial charge in [-0.05, 0) is 29.9 Å². The van der Waals surface area contributed by atoms with Gasteiger partial charge in [-0.25, -0.2) is 0 Å². The average molecular weight is 274 g/mol. The standard InChI is InChI=1S/C17H26N2O/c1-17(2,9-6-10-20)13-18-11-14-12-19(3)16-8-5-4-7-15(14)16/h4-5,7-8,12,18,20H,6,9-11,13H2,1-3H3. The fourth-order valence-electron chi connectivity index (χ4n) is 2.75. The van der Waals surface area contributed by atoms with Gasteiger partial charge in [-0.1, -0.05) is 32.0 Å². The average Bonchev–Trinajstić information content (AvgIpc) is 2.74. The third-order valence-electron chi connectivity index (χ3n) is 3.91. The minimum atomic E-state index is 0.229. The quantitative estimate of drug-likeness (QED) is 0.814. The number of aliphatic hydroxyl groups excluding tert-OH is 1. The highest BCUT2D eigenvalue weighted by Crippen LogP contribution is 2.23. The molecule has 3 heteroatoms. The van der Waals surface area contributed by atoms with Gasteiger partial charge in [0.15, 0.2) is 0 Å². The van der Waals surface area contributed by atoms with Gasteiger partial charge in [-0.15, -0.1) is 0 Å². The highest BCUT2D eigenvalue weighted by atomic mass is 16.2. The van der Waals surface area contributed by atoms with Crippen LogP contribution in [-0.4, -0.2) is 22.8 Å². The van der Waals surface area contributed by atoms with Crippen LogP contribution in [0.25, 0.3) is 10.9 Å². The number of rotatable bonds is 7. The molecule has 1 heterocycles. The van der Waals surface area contributed by atoms with Gasteiger partial charge in [0.25, 0.3) is 0 Å². The molecule has 2 rings (SSSR count). The van der Waals surface area contributed by atoms with Crippen LogP contribution in [0.15, 0.2) is 30.5 Å². The van der Waals surface area contributed by atoms with Gasteiger partial charge < -0.3 is 15.0 Å². The lowest BCUT2D eigenvalue weighted by molar-refractivity contribution is 0.236. The van der Waals surface area contributed by atoms with Crippen LogP contribution in [0.1, 0.15) is 32.3 Å². The highest BCUT2D eigenvalue weighted by molar-refractivity contribution is 5.83. The van der Waals surface area contributed by atoms with E-state index in [2.05, 4.69) is 61.2 Å². The third kappa shape index (κ3) is 3.62. The van der Waals surface area contributed by atoms with E-state index in [1.807, 2.05) is 0 Å². The van der Waals surface area contributed by atoms with E-state index in [0.29, 0.717) is 0 Å². The molecule has 0 spiro atoms. The number of para-hydroxylation sites is 1. The summed E-state index contributed by atoms with van der Waals surface area (Å²) in [6, 6.07) is 8.52. The molecule has 1 aromatic carbocycles. The van der Waals surface area contributed by atoms with E-state index >= 15 is 0 Å². The van der Waals surface area contributed by atoms with Crippen LogP contribution in [0.3, 0.4) is 0 Å². The Hall–Kier alpha value is -1.32. The molecular formula is C17H26N2O. The number of hydrogen-bond donors (Lipinski definition) is 2. The van der Waals surface area contributed by atoms with Crippen molar-refractivity contribution in [3.8, 4) is 0 Å².